The molecule has 5 heteroatoms. The van der Waals surface area contributed by atoms with E-state index in [4.69, 9.17) is 9.72 Å². The molecule has 0 bridgehead atoms. The standard InChI is InChI=1S/C15H26N2O2S/c1-6-7-11-12(8-18)20-13(16-11)17-9-14(2,3)19-15(4,5)10-17/h18H,6-10H2,1-5H3. The highest BCUT2D eigenvalue weighted by atomic mass is 32.1. The Morgan fingerprint density at radius 1 is 1.25 bits per heavy atom. The van der Waals surface area contributed by atoms with Crippen LogP contribution in [0.15, 0.2) is 0 Å². The Bertz CT molecular complexity index is 452. The van der Waals surface area contributed by atoms with Gasteiger partial charge in [-0.15, -0.1) is 0 Å². The van der Waals surface area contributed by atoms with E-state index in [2.05, 4.69) is 39.5 Å². The number of aryl methyl sites for hydroxylation is 1. The topological polar surface area (TPSA) is 45.6 Å². The van der Waals surface area contributed by atoms with E-state index in [1.165, 1.54) is 0 Å². The first-order valence-electron chi connectivity index (χ1n) is 7.31. The van der Waals surface area contributed by atoms with Crippen LogP contribution in [0.3, 0.4) is 0 Å². The summed E-state index contributed by atoms with van der Waals surface area (Å²) in [4.78, 5) is 8.06. The van der Waals surface area contributed by atoms with Crippen LogP contribution in [0.4, 0.5) is 5.13 Å². The van der Waals surface area contributed by atoms with Crippen molar-refractivity contribution in [1.29, 1.82) is 0 Å². The van der Waals surface area contributed by atoms with Gasteiger partial charge in [0.2, 0.25) is 0 Å². The average Bonchev–Trinajstić information content (AvgIpc) is 2.68. The van der Waals surface area contributed by atoms with Crippen molar-refractivity contribution in [2.75, 3.05) is 18.0 Å². The molecule has 0 aromatic carbocycles. The zero-order valence-electron chi connectivity index (χ0n) is 13.2. The van der Waals surface area contributed by atoms with Crippen LogP contribution in [0.1, 0.15) is 51.6 Å². The molecule has 1 aromatic rings. The summed E-state index contributed by atoms with van der Waals surface area (Å²) in [5, 5.41) is 10.5. The van der Waals surface area contributed by atoms with E-state index in [0.29, 0.717) is 0 Å². The lowest BCUT2D eigenvalue weighted by Gasteiger charge is -2.47. The molecule has 1 saturated heterocycles. The van der Waals surface area contributed by atoms with Crippen molar-refractivity contribution in [2.45, 2.75) is 65.3 Å². The van der Waals surface area contributed by atoms with Crippen LogP contribution >= 0.6 is 11.3 Å². The minimum atomic E-state index is -0.183. The zero-order valence-corrected chi connectivity index (χ0v) is 14.0. The third-order valence-corrected chi connectivity index (χ3v) is 4.51. The summed E-state index contributed by atoms with van der Waals surface area (Å²) in [5.74, 6) is 0. The summed E-state index contributed by atoms with van der Waals surface area (Å²) in [6.07, 6.45) is 1.99. The van der Waals surface area contributed by atoms with Crippen LogP contribution in [-0.2, 0) is 17.8 Å². The van der Waals surface area contributed by atoms with Crippen LogP contribution in [0.2, 0.25) is 0 Å². The van der Waals surface area contributed by atoms with Crippen molar-refractivity contribution < 1.29 is 9.84 Å². The maximum atomic E-state index is 9.49. The number of aliphatic hydroxyl groups excluding tert-OH is 1. The predicted octanol–water partition coefficient (Wildman–Crippen LogP) is 2.98. The number of aliphatic hydroxyl groups is 1. The molecule has 4 nitrogen and oxygen atoms in total. The maximum absolute atomic E-state index is 9.49. The van der Waals surface area contributed by atoms with Gasteiger partial charge in [-0.3, -0.25) is 0 Å². The van der Waals surface area contributed by atoms with E-state index in [1.807, 2.05) is 0 Å². The quantitative estimate of drug-likeness (QED) is 0.928. The Labute approximate surface area is 125 Å². The molecule has 0 saturated carbocycles. The van der Waals surface area contributed by atoms with Gasteiger partial charge in [-0.1, -0.05) is 24.7 Å². The fourth-order valence-corrected chi connectivity index (χ4v) is 3.95. The molecule has 114 valence electrons. The predicted molar refractivity (Wildman–Crippen MR) is 83.5 cm³/mol. The number of thiazole rings is 1. The van der Waals surface area contributed by atoms with Gasteiger partial charge in [0.25, 0.3) is 0 Å². The average molecular weight is 298 g/mol. The van der Waals surface area contributed by atoms with E-state index >= 15 is 0 Å². The number of morpholine rings is 1. The molecule has 2 heterocycles. The smallest absolute Gasteiger partial charge is 0.186 e. The van der Waals surface area contributed by atoms with Crippen LogP contribution in [0.5, 0.6) is 0 Å². The van der Waals surface area contributed by atoms with Crippen molar-refractivity contribution in [1.82, 2.24) is 4.98 Å². The molecule has 20 heavy (non-hydrogen) atoms. The highest BCUT2D eigenvalue weighted by molar-refractivity contribution is 7.15. The molecule has 1 fully saturated rings. The maximum Gasteiger partial charge on any atom is 0.186 e. The molecule has 0 unspecified atom stereocenters. The number of ether oxygens (including phenoxy) is 1. The monoisotopic (exact) mass is 298 g/mol. The lowest BCUT2D eigenvalue weighted by atomic mass is 9.99. The fourth-order valence-electron chi connectivity index (χ4n) is 2.98. The van der Waals surface area contributed by atoms with Crippen LogP contribution in [0, 0.1) is 0 Å². The number of hydrogen-bond donors (Lipinski definition) is 1. The highest BCUT2D eigenvalue weighted by Crippen LogP contribution is 2.34. The molecular formula is C15H26N2O2S. The normalized spacial score (nSPS) is 21.2. The van der Waals surface area contributed by atoms with Crippen LogP contribution < -0.4 is 4.90 Å². The van der Waals surface area contributed by atoms with E-state index in [-0.39, 0.29) is 17.8 Å². The van der Waals surface area contributed by atoms with E-state index in [0.717, 1.165) is 41.6 Å². The lowest BCUT2D eigenvalue weighted by molar-refractivity contribution is -0.133. The lowest BCUT2D eigenvalue weighted by Crippen LogP contribution is -2.57. The summed E-state index contributed by atoms with van der Waals surface area (Å²) in [6.45, 7) is 12.4. The summed E-state index contributed by atoms with van der Waals surface area (Å²) < 4.78 is 6.11. The Morgan fingerprint density at radius 2 is 1.85 bits per heavy atom. The van der Waals surface area contributed by atoms with Gasteiger partial charge in [-0.05, 0) is 34.1 Å². The minimum Gasteiger partial charge on any atom is -0.391 e. The first-order valence-corrected chi connectivity index (χ1v) is 8.12. The molecule has 1 aliphatic heterocycles. The summed E-state index contributed by atoms with van der Waals surface area (Å²) >= 11 is 1.62. The fraction of sp³-hybridized carbons (Fsp3) is 0.800. The van der Waals surface area contributed by atoms with E-state index in [9.17, 15) is 5.11 Å². The number of nitrogens with zero attached hydrogens (tertiary/aromatic N) is 2. The first-order chi connectivity index (χ1) is 9.26. The second-order valence-corrected chi connectivity index (χ2v) is 7.81. The van der Waals surface area contributed by atoms with Gasteiger partial charge in [0, 0.05) is 13.1 Å². The van der Waals surface area contributed by atoms with Gasteiger partial charge >= 0.3 is 0 Å². The largest absolute Gasteiger partial charge is 0.391 e. The van der Waals surface area contributed by atoms with Crippen molar-refractivity contribution in [2.24, 2.45) is 0 Å². The molecule has 0 amide bonds. The molecule has 0 aliphatic carbocycles. The molecule has 2 rings (SSSR count). The van der Waals surface area contributed by atoms with Gasteiger partial charge in [-0.25, -0.2) is 4.98 Å². The van der Waals surface area contributed by atoms with Crippen molar-refractivity contribution in [3.63, 3.8) is 0 Å². The Kier molecular flexibility index (Phi) is 4.42. The summed E-state index contributed by atoms with van der Waals surface area (Å²) in [5.41, 5.74) is 0.687. The third-order valence-electron chi connectivity index (χ3n) is 3.36. The summed E-state index contributed by atoms with van der Waals surface area (Å²) in [6, 6.07) is 0. The molecule has 1 aromatic heterocycles. The van der Waals surface area contributed by atoms with Gasteiger partial charge in [0.05, 0.1) is 28.4 Å². The van der Waals surface area contributed by atoms with Gasteiger partial charge in [0.15, 0.2) is 5.13 Å². The number of hydrogen-bond acceptors (Lipinski definition) is 5. The van der Waals surface area contributed by atoms with Crippen LogP contribution in [-0.4, -0.2) is 34.4 Å². The third kappa shape index (κ3) is 3.51. The molecule has 1 aliphatic rings. The van der Waals surface area contributed by atoms with Gasteiger partial charge in [-0.2, -0.15) is 0 Å². The van der Waals surface area contributed by atoms with Gasteiger partial charge in [0.1, 0.15) is 0 Å². The number of rotatable bonds is 4. The van der Waals surface area contributed by atoms with Crippen LogP contribution in [0.25, 0.3) is 0 Å². The number of anilines is 1. The first kappa shape index (κ1) is 15.7. The Balaban J connectivity index is 2.26. The minimum absolute atomic E-state index is 0.0874. The zero-order chi connectivity index (χ0) is 15.0. The van der Waals surface area contributed by atoms with E-state index < -0.39 is 0 Å². The van der Waals surface area contributed by atoms with Crippen molar-refractivity contribution in [3.05, 3.63) is 10.6 Å². The highest BCUT2D eigenvalue weighted by Gasteiger charge is 2.39. The van der Waals surface area contributed by atoms with E-state index in [1.54, 1.807) is 11.3 Å². The second-order valence-electron chi connectivity index (χ2n) is 6.75. The second kappa shape index (κ2) is 5.62. The Morgan fingerprint density at radius 3 is 2.35 bits per heavy atom. The molecule has 0 atom stereocenters. The molecular weight excluding hydrogens is 272 g/mol. The number of aromatic nitrogens is 1. The molecule has 0 spiro atoms. The Hall–Kier alpha value is -0.650. The molecule has 0 radical (unpaired) electrons. The van der Waals surface area contributed by atoms with Gasteiger partial charge < -0.3 is 14.7 Å². The summed E-state index contributed by atoms with van der Waals surface area (Å²) in [7, 11) is 0. The van der Waals surface area contributed by atoms with Crippen molar-refractivity contribution >= 4 is 16.5 Å². The molecule has 1 N–H and O–H groups in total. The van der Waals surface area contributed by atoms with Crippen molar-refractivity contribution in [3.8, 4) is 0 Å². The SMILES string of the molecule is CCCc1nc(N2CC(C)(C)OC(C)(C)C2)sc1CO.